The Morgan fingerprint density at radius 3 is 2.60 bits per heavy atom. The first-order valence-electron chi connectivity index (χ1n) is 7.03. The first kappa shape index (κ1) is 14.4. The van der Waals surface area contributed by atoms with Crippen molar-refractivity contribution in [2.45, 2.75) is 33.4 Å². The average Bonchev–Trinajstić information content (AvgIpc) is 2.92. The highest BCUT2D eigenvalue weighted by Gasteiger charge is 2.12. The molecule has 0 aliphatic carbocycles. The van der Waals surface area contributed by atoms with Gasteiger partial charge in [-0.2, -0.15) is 0 Å². The van der Waals surface area contributed by atoms with Gasteiger partial charge < -0.3 is 9.30 Å². The summed E-state index contributed by atoms with van der Waals surface area (Å²) in [5.41, 5.74) is 1.63. The monoisotopic (exact) mass is 271 g/mol. The van der Waals surface area contributed by atoms with Crippen LogP contribution in [-0.4, -0.2) is 10.5 Å². The van der Waals surface area contributed by atoms with Gasteiger partial charge >= 0.3 is 5.97 Å². The van der Waals surface area contributed by atoms with E-state index < -0.39 is 0 Å². The molecule has 1 aromatic carbocycles. The van der Waals surface area contributed by atoms with Crippen molar-refractivity contribution in [3.63, 3.8) is 0 Å². The van der Waals surface area contributed by atoms with E-state index >= 15 is 0 Å². The molecule has 106 valence electrons. The van der Waals surface area contributed by atoms with Gasteiger partial charge in [0, 0.05) is 12.7 Å². The predicted molar refractivity (Wildman–Crippen MR) is 79.4 cm³/mol. The average molecular weight is 271 g/mol. The largest absolute Gasteiger partial charge is 0.456 e. The van der Waals surface area contributed by atoms with Gasteiger partial charge in [0.15, 0.2) is 0 Å². The molecular formula is C17H21NO2. The second kappa shape index (κ2) is 6.94. The highest BCUT2D eigenvalue weighted by atomic mass is 16.5. The number of carbonyl (C=O) groups is 1. The molecule has 0 radical (unpaired) electrons. The molecule has 20 heavy (non-hydrogen) atoms. The summed E-state index contributed by atoms with van der Waals surface area (Å²) in [7, 11) is 0. The van der Waals surface area contributed by atoms with Crippen LogP contribution in [0.5, 0.6) is 0 Å². The summed E-state index contributed by atoms with van der Waals surface area (Å²) in [6, 6.07) is 13.4. The number of aryl methyl sites for hydroxylation is 1. The third-order valence-corrected chi connectivity index (χ3v) is 3.20. The summed E-state index contributed by atoms with van der Waals surface area (Å²) in [6.07, 6.45) is 2.98. The van der Waals surface area contributed by atoms with Crippen molar-refractivity contribution < 1.29 is 9.53 Å². The summed E-state index contributed by atoms with van der Waals surface area (Å²) in [5.74, 6) is 0.355. The third kappa shape index (κ3) is 3.98. The minimum Gasteiger partial charge on any atom is -0.456 e. The van der Waals surface area contributed by atoms with Crippen molar-refractivity contribution in [3.8, 4) is 0 Å². The Hall–Kier alpha value is -2.03. The van der Waals surface area contributed by atoms with Gasteiger partial charge in [-0.25, -0.2) is 4.79 Å². The number of rotatable bonds is 6. The molecule has 0 atom stereocenters. The number of benzene rings is 1. The maximum Gasteiger partial charge on any atom is 0.355 e. The van der Waals surface area contributed by atoms with Crippen molar-refractivity contribution >= 4 is 5.97 Å². The van der Waals surface area contributed by atoms with E-state index in [1.54, 1.807) is 0 Å². The Morgan fingerprint density at radius 1 is 1.15 bits per heavy atom. The van der Waals surface area contributed by atoms with E-state index in [4.69, 9.17) is 4.74 Å². The summed E-state index contributed by atoms with van der Waals surface area (Å²) in [6.45, 7) is 5.52. The maximum atomic E-state index is 12.1. The van der Waals surface area contributed by atoms with Gasteiger partial charge in [0.2, 0.25) is 0 Å². The van der Waals surface area contributed by atoms with Crippen molar-refractivity contribution in [2.75, 3.05) is 0 Å². The molecule has 0 unspecified atom stereocenters. The van der Waals surface area contributed by atoms with E-state index in [2.05, 4.69) is 13.8 Å². The molecule has 2 rings (SSSR count). The van der Waals surface area contributed by atoms with Crippen LogP contribution >= 0.6 is 0 Å². The van der Waals surface area contributed by atoms with E-state index in [0.717, 1.165) is 18.5 Å². The number of carbonyl (C=O) groups excluding carboxylic acids is 1. The molecule has 3 heteroatoms. The standard InChI is InChI=1S/C17H21NO2/c1-14(2)10-12-18-11-6-9-16(18)17(19)20-13-15-7-4-3-5-8-15/h3-9,11,14H,10,12-13H2,1-2H3. The lowest BCUT2D eigenvalue weighted by atomic mass is 10.1. The van der Waals surface area contributed by atoms with E-state index in [0.29, 0.717) is 18.2 Å². The molecule has 0 fully saturated rings. The minimum absolute atomic E-state index is 0.261. The van der Waals surface area contributed by atoms with E-state index in [1.165, 1.54) is 0 Å². The number of hydrogen-bond acceptors (Lipinski definition) is 2. The Kier molecular flexibility index (Phi) is 4.99. The summed E-state index contributed by atoms with van der Waals surface area (Å²) >= 11 is 0. The molecule has 0 saturated carbocycles. The zero-order valence-corrected chi connectivity index (χ0v) is 12.1. The van der Waals surface area contributed by atoms with Crippen molar-refractivity contribution in [1.82, 2.24) is 4.57 Å². The molecule has 0 bridgehead atoms. The molecule has 2 aromatic rings. The Morgan fingerprint density at radius 2 is 1.90 bits per heavy atom. The van der Waals surface area contributed by atoms with Crippen LogP contribution in [0.2, 0.25) is 0 Å². The van der Waals surface area contributed by atoms with Gasteiger partial charge in [-0.3, -0.25) is 0 Å². The van der Waals surface area contributed by atoms with Crippen LogP contribution in [0.15, 0.2) is 48.7 Å². The molecule has 0 aliphatic heterocycles. The highest BCUT2D eigenvalue weighted by Crippen LogP contribution is 2.10. The lowest BCUT2D eigenvalue weighted by molar-refractivity contribution is 0.0459. The van der Waals surface area contributed by atoms with Crippen LogP contribution in [0.3, 0.4) is 0 Å². The van der Waals surface area contributed by atoms with E-state index in [1.807, 2.05) is 53.2 Å². The van der Waals surface area contributed by atoms with Gasteiger partial charge in [0.05, 0.1) is 0 Å². The lowest BCUT2D eigenvalue weighted by Gasteiger charge is -2.10. The van der Waals surface area contributed by atoms with Crippen LogP contribution in [0, 0.1) is 5.92 Å². The Balaban J connectivity index is 1.94. The molecular weight excluding hydrogens is 250 g/mol. The molecule has 0 saturated heterocycles. The van der Waals surface area contributed by atoms with Gasteiger partial charge in [-0.15, -0.1) is 0 Å². The molecule has 1 heterocycles. The topological polar surface area (TPSA) is 31.2 Å². The number of hydrogen-bond donors (Lipinski definition) is 0. The molecule has 0 aliphatic rings. The summed E-state index contributed by atoms with van der Waals surface area (Å²) < 4.78 is 7.33. The molecule has 3 nitrogen and oxygen atoms in total. The second-order valence-electron chi connectivity index (χ2n) is 5.33. The first-order valence-corrected chi connectivity index (χ1v) is 7.03. The molecule has 0 N–H and O–H groups in total. The summed E-state index contributed by atoms with van der Waals surface area (Å²) in [5, 5.41) is 0. The van der Waals surface area contributed by atoms with Crippen molar-refractivity contribution in [1.29, 1.82) is 0 Å². The van der Waals surface area contributed by atoms with Crippen LogP contribution in [0.25, 0.3) is 0 Å². The van der Waals surface area contributed by atoms with Gasteiger partial charge in [0.25, 0.3) is 0 Å². The number of ether oxygens (including phenoxy) is 1. The Bertz CT molecular complexity index is 543. The number of aromatic nitrogens is 1. The van der Waals surface area contributed by atoms with E-state index in [-0.39, 0.29) is 5.97 Å². The quantitative estimate of drug-likeness (QED) is 0.746. The molecule has 0 spiro atoms. The van der Waals surface area contributed by atoms with Crippen LogP contribution < -0.4 is 0 Å². The first-order chi connectivity index (χ1) is 9.66. The van der Waals surface area contributed by atoms with Crippen LogP contribution in [0.4, 0.5) is 0 Å². The smallest absolute Gasteiger partial charge is 0.355 e. The van der Waals surface area contributed by atoms with Gasteiger partial charge in [0.1, 0.15) is 12.3 Å². The maximum absolute atomic E-state index is 12.1. The zero-order chi connectivity index (χ0) is 14.4. The SMILES string of the molecule is CC(C)CCn1cccc1C(=O)OCc1ccccc1. The third-order valence-electron chi connectivity index (χ3n) is 3.20. The minimum atomic E-state index is -0.261. The number of nitrogens with zero attached hydrogens (tertiary/aromatic N) is 1. The normalized spacial score (nSPS) is 10.8. The highest BCUT2D eigenvalue weighted by molar-refractivity contribution is 5.87. The lowest BCUT2D eigenvalue weighted by Crippen LogP contribution is -2.12. The second-order valence-corrected chi connectivity index (χ2v) is 5.33. The van der Waals surface area contributed by atoms with Crippen molar-refractivity contribution in [2.24, 2.45) is 5.92 Å². The fourth-order valence-corrected chi connectivity index (χ4v) is 1.99. The van der Waals surface area contributed by atoms with Gasteiger partial charge in [-0.05, 0) is 30.0 Å². The fourth-order valence-electron chi connectivity index (χ4n) is 1.99. The van der Waals surface area contributed by atoms with Crippen LogP contribution in [0.1, 0.15) is 36.3 Å². The summed E-state index contributed by atoms with van der Waals surface area (Å²) in [4.78, 5) is 12.1. The number of esters is 1. The molecule has 1 aromatic heterocycles. The van der Waals surface area contributed by atoms with Crippen LogP contribution in [-0.2, 0) is 17.9 Å². The predicted octanol–water partition coefficient (Wildman–Crippen LogP) is 3.89. The zero-order valence-electron chi connectivity index (χ0n) is 12.1. The molecule has 0 amide bonds. The van der Waals surface area contributed by atoms with Crippen molar-refractivity contribution in [3.05, 3.63) is 59.9 Å². The fraction of sp³-hybridized carbons (Fsp3) is 0.353. The van der Waals surface area contributed by atoms with E-state index in [9.17, 15) is 4.79 Å². The Labute approximate surface area is 120 Å². The van der Waals surface area contributed by atoms with Gasteiger partial charge in [-0.1, -0.05) is 44.2 Å².